The molecule has 19 heteroatoms. The zero-order valence-electron chi connectivity index (χ0n) is 46.9. The highest BCUT2D eigenvalue weighted by molar-refractivity contribution is 6.25. The van der Waals surface area contributed by atoms with Gasteiger partial charge in [-0.05, 0) is 172 Å². The first-order chi connectivity index (χ1) is 39.0. The lowest BCUT2D eigenvalue weighted by molar-refractivity contribution is -0.137. The molecule has 2 aliphatic carbocycles. The van der Waals surface area contributed by atoms with Crippen LogP contribution < -0.4 is 26.2 Å². The lowest BCUT2D eigenvalue weighted by atomic mass is 9.73. The summed E-state index contributed by atoms with van der Waals surface area (Å²) < 4.78 is 17.9. The molecule has 5 aromatic rings. The summed E-state index contributed by atoms with van der Waals surface area (Å²) in [6.45, 7) is 12.7. The van der Waals surface area contributed by atoms with Crippen molar-refractivity contribution >= 4 is 75.3 Å². The average molecular weight is 1100 g/mol. The predicted octanol–water partition coefficient (Wildman–Crippen LogP) is 8.69. The molecule has 3 aromatic carbocycles. The number of carbonyl (C=O) groups excluding carboxylic acids is 7. The number of amides is 7. The van der Waals surface area contributed by atoms with Crippen LogP contribution in [0.2, 0.25) is 0 Å². The van der Waals surface area contributed by atoms with Crippen LogP contribution >= 0.6 is 0 Å². The van der Waals surface area contributed by atoms with E-state index in [9.17, 15) is 28.8 Å². The standard InChI is InChI=1S/C62H72FN11O7/c1-34(2)65-57(77)43-31-48(45(63)26-36(43)5)68-56-55-49(64-33-72(55)35(3)4)32-47(67-56)38-14-17-44-51(28-38)73(41-29-40(30-41)70-22-7-6-8-23-70)61(81)62(44)20-24-71(25-21-62)53(76)27-37-12-15-39(16-13-37)66-46-11-9-10-42-54(46)60(80)74(59(42)79)50-18-19-52(75)69-58(50)78/h9-11,14,17,26,28,31-35,37,39-41,50,66H,6-8,12-13,15-16,18-25,27,29-30H2,1-5H3,(H,65,77)(H,67,68)(H,69,75,78). The molecule has 1 spiro atoms. The number of nitrogens with zero attached hydrogens (tertiary/aromatic N) is 7. The van der Waals surface area contributed by atoms with E-state index in [1.54, 1.807) is 31.5 Å². The van der Waals surface area contributed by atoms with Gasteiger partial charge in [0.05, 0.1) is 39.8 Å². The van der Waals surface area contributed by atoms with Crippen molar-refractivity contribution in [2.24, 2.45) is 5.92 Å². The fourth-order valence-corrected chi connectivity index (χ4v) is 14.0. The van der Waals surface area contributed by atoms with Crippen molar-refractivity contribution in [3.63, 3.8) is 0 Å². The molecule has 2 aromatic heterocycles. The summed E-state index contributed by atoms with van der Waals surface area (Å²) in [7, 11) is 0. The lowest BCUT2D eigenvalue weighted by Crippen LogP contribution is -2.58. The van der Waals surface area contributed by atoms with Gasteiger partial charge in [0.25, 0.3) is 17.7 Å². The normalized spacial score (nSPS) is 23.8. The largest absolute Gasteiger partial charge is 0.382 e. The molecule has 0 bridgehead atoms. The highest BCUT2D eigenvalue weighted by Gasteiger charge is 2.56. The Balaban J connectivity index is 0.757. The highest BCUT2D eigenvalue weighted by Crippen LogP contribution is 2.52. The molecular formula is C62H72FN11O7. The smallest absolute Gasteiger partial charge is 0.264 e. The Morgan fingerprint density at radius 1 is 0.827 bits per heavy atom. The number of rotatable bonds is 13. The molecular weight excluding hydrogens is 1030 g/mol. The molecule has 18 nitrogen and oxygen atoms in total. The molecule has 81 heavy (non-hydrogen) atoms. The van der Waals surface area contributed by atoms with Crippen LogP contribution in [0.4, 0.5) is 27.3 Å². The highest BCUT2D eigenvalue weighted by atomic mass is 19.1. The third-order valence-electron chi connectivity index (χ3n) is 18.5. The summed E-state index contributed by atoms with van der Waals surface area (Å²) in [5.74, 6) is -2.24. The van der Waals surface area contributed by atoms with Crippen molar-refractivity contribution in [2.75, 3.05) is 41.7 Å². The topological polar surface area (TPSA) is 211 Å². The summed E-state index contributed by atoms with van der Waals surface area (Å²) in [5.41, 5.74) is 5.77. The minimum Gasteiger partial charge on any atom is -0.382 e. The van der Waals surface area contributed by atoms with Crippen molar-refractivity contribution in [1.29, 1.82) is 0 Å². The van der Waals surface area contributed by atoms with Crippen LogP contribution in [0.1, 0.15) is 166 Å². The van der Waals surface area contributed by atoms with Crippen LogP contribution in [0.25, 0.3) is 22.3 Å². The van der Waals surface area contributed by atoms with Crippen molar-refractivity contribution in [3.8, 4) is 11.3 Å². The van der Waals surface area contributed by atoms with Gasteiger partial charge in [0, 0.05) is 78.6 Å². The molecule has 5 aliphatic heterocycles. The monoisotopic (exact) mass is 1100 g/mol. The zero-order valence-corrected chi connectivity index (χ0v) is 46.9. The predicted molar refractivity (Wildman–Crippen MR) is 305 cm³/mol. The molecule has 12 rings (SSSR count). The molecule has 0 radical (unpaired) electrons. The number of benzene rings is 3. The first-order valence-corrected chi connectivity index (χ1v) is 29.3. The van der Waals surface area contributed by atoms with Gasteiger partial charge in [-0.25, -0.2) is 14.4 Å². The maximum absolute atomic E-state index is 15.9. The fourth-order valence-electron chi connectivity index (χ4n) is 14.0. The minimum absolute atomic E-state index is 0.00683. The number of nitrogens with one attached hydrogen (secondary N) is 4. The maximum atomic E-state index is 15.9. The molecule has 7 aliphatic rings. The number of aromatic nitrogens is 3. The van der Waals surface area contributed by atoms with E-state index in [4.69, 9.17) is 9.97 Å². The summed E-state index contributed by atoms with van der Waals surface area (Å²) in [4.78, 5) is 112. The van der Waals surface area contributed by atoms with Gasteiger partial charge in [0.2, 0.25) is 23.6 Å². The van der Waals surface area contributed by atoms with Crippen LogP contribution in [0.5, 0.6) is 0 Å². The second kappa shape index (κ2) is 21.4. The van der Waals surface area contributed by atoms with Crippen LogP contribution in [-0.4, -0.2) is 127 Å². The van der Waals surface area contributed by atoms with Gasteiger partial charge < -0.3 is 35.2 Å². The number of hydrogen-bond donors (Lipinski definition) is 4. The van der Waals surface area contributed by atoms with Gasteiger partial charge in [-0.3, -0.25) is 43.8 Å². The molecule has 7 heterocycles. The third kappa shape index (κ3) is 9.81. The summed E-state index contributed by atoms with van der Waals surface area (Å²) in [6.07, 6.45) is 11.9. The van der Waals surface area contributed by atoms with Gasteiger partial charge in [-0.2, -0.15) is 0 Å². The van der Waals surface area contributed by atoms with Crippen LogP contribution in [0.3, 0.4) is 0 Å². The number of carbonyl (C=O) groups is 7. The molecule has 3 saturated heterocycles. The van der Waals surface area contributed by atoms with Crippen LogP contribution in [0, 0.1) is 18.7 Å². The van der Waals surface area contributed by atoms with E-state index in [1.807, 2.05) is 49.3 Å². The van der Waals surface area contributed by atoms with Gasteiger partial charge in [0.15, 0.2) is 5.82 Å². The van der Waals surface area contributed by atoms with E-state index < -0.39 is 40.9 Å². The molecule has 2 saturated carbocycles. The van der Waals surface area contributed by atoms with Crippen LogP contribution in [-0.2, 0) is 24.6 Å². The number of anilines is 4. The van der Waals surface area contributed by atoms with Gasteiger partial charge in [-0.1, -0.05) is 24.6 Å². The lowest BCUT2D eigenvalue weighted by Gasteiger charge is -2.48. The van der Waals surface area contributed by atoms with E-state index in [0.29, 0.717) is 77.8 Å². The number of piperidine rings is 3. The van der Waals surface area contributed by atoms with E-state index in [2.05, 4.69) is 43.2 Å². The quantitative estimate of drug-likeness (QED) is 0.0816. The fraction of sp³-hybridized carbons (Fsp3) is 0.500. The number of imide groups is 2. The Morgan fingerprint density at radius 2 is 1.58 bits per heavy atom. The minimum atomic E-state index is -1.04. The average Bonchev–Trinajstić information content (AvgIpc) is 4.29. The number of pyridine rings is 1. The van der Waals surface area contributed by atoms with Gasteiger partial charge >= 0.3 is 0 Å². The van der Waals surface area contributed by atoms with Crippen molar-refractivity contribution in [3.05, 3.63) is 94.6 Å². The van der Waals surface area contributed by atoms with E-state index >= 15 is 9.18 Å². The molecule has 1 atom stereocenters. The molecule has 7 amide bonds. The first kappa shape index (κ1) is 54.1. The Morgan fingerprint density at radius 3 is 2.30 bits per heavy atom. The number of hydrogen-bond acceptors (Lipinski definition) is 12. The number of aryl methyl sites for hydroxylation is 1. The number of likely N-dealkylation sites (tertiary alicyclic amines) is 2. The Kier molecular flexibility index (Phi) is 14.3. The Labute approximate surface area is 471 Å². The summed E-state index contributed by atoms with van der Waals surface area (Å²) in [6, 6.07) is 15.5. The van der Waals surface area contributed by atoms with E-state index in [0.717, 1.165) is 73.3 Å². The maximum Gasteiger partial charge on any atom is 0.264 e. The van der Waals surface area contributed by atoms with Gasteiger partial charge in [0.1, 0.15) is 17.4 Å². The second-order valence-electron chi connectivity index (χ2n) is 24.4. The number of fused-ring (bicyclic) bond motifs is 4. The van der Waals surface area contributed by atoms with Crippen molar-refractivity contribution in [1.82, 2.24) is 39.9 Å². The summed E-state index contributed by atoms with van der Waals surface area (Å²) in [5, 5.41) is 12.0. The van der Waals surface area contributed by atoms with Gasteiger partial charge in [-0.15, -0.1) is 0 Å². The molecule has 1 unspecified atom stereocenters. The SMILES string of the molecule is Cc1cc(F)c(Nc2nc(-c3ccc4c(c3)N(C3CC(N5CCCCC5)C3)C(=O)C43CCN(C(=O)CC4CCC(Nc5cccc6c5C(=O)N(C5CCC(=O)NC5=O)C6=O)CC4)CC3)cc3ncn(C(C)C)c23)cc1C(=O)NC(C)C. The molecule has 424 valence electrons. The number of imidazole rings is 1. The third-order valence-corrected chi connectivity index (χ3v) is 18.5. The van der Waals surface area contributed by atoms with Crippen molar-refractivity contribution < 1.29 is 38.0 Å². The summed E-state index contributed by atoms with van der Waals surface area (Å²) >= 11 is 0. The zero-order chi connectivity index (χ0) is 56.6. The van der Waals surface area contributed by atoms with Crippen molar-refractivity contribution in [2.45, 2.75) is 166 Å². The molecule has 4 N–H and O–H groups in total. The van der Waals surface area contributed by atoms with E-state index in [1.165, 1.54) is 31.4 Å². The molecule has 5 fully saturated rings. The Hall–Kier alpha value is -7.54. The Bertz CT molecular complexity index is 3400. The first-order valence-electron chi connectivity index (χ1n) is 29.3. The second-order valence-corrected chi connectivity index (χ2v) is 24.4. The van der Waals surface area contributed by atoms with E-state index in [-0.39, 0.29) is 77.5 Å². The van der Waals surface area contributed by atoms with Crippen LogP contribution in [0.15, 0.2) is 60.9 Å². The number of halogens is 1.